The summed E-state index contributed by atoms with van der Waals surface area (Å²) in [5.74, 6) is -9.59. The van der Waals surface area contributed by atoms with Crippen molar-refractivity contribution in [1.82, 2.24) is 50.2 Å². The highest BCUT2D eigenvalue weighted by molar-refractivity contribution is 6.00. The van der Waals surface area contributed by atoms with E-state index in [2.05, 4.69) is 22.5 Å². The molecule has 0 saturated carbocycles. The lowest BCUT2D eigenvalue weighted by molar-refractivity contribution is -0.158. The molecular formula is C67H118N10O12. The molecule has 89 heavy (non-hydrogen) atoms. The Kier molecular flexibility index (Phi) is 33.8. The molecule has 1 aliphatic heterocycles. The molecular weight excluding hydrogens is 1140 g/mol. The minimum absolute atomic E-state index is 0.0146. The summed E-state index contributed by atoms with van der Waals surface area (Å²) in [6.45, 7) is 35.9. The normalized spacial score (nSPS) is 27.1. The SMILES string of the molecule is C=CCO[C@H]([C@H](C)C/C=C/C)[C@@H]1C(=O)N[C@H](CC)C(=O)N(C)[C@H](C)C(=O)N(C)[C@@H](CC(C)C)C(=O)N[C@H](C(C)C)C(=O)N(C)[C@H](CC(C)C)C(=O)N[C@H](C)C(=O)C[C@@H](C)C(=O)N(C)[C@H](CC(C)C)C(=O)N(C)[C@H](CC(C)C)C(=O)N(C)[C@H](C(C)C)C(=O)N1C. The van der Waals surface area contributed by atoms with Crippen molar-refractivity contribution in [2.45, 2.75) is 236 Å². The van der Waals surface area contributed by atoms with Crippen LogP contribution in [0, 0.1) is 47.3 Å². The van der Waals surface area contributed by atoms with Crippen molar-refractivity contribution in [2.75, 3.05) is 55.9 Å². The van der Waals surface area contributed by atoms with Gasteiger partial charge in [-0.2, -0.15) is 0 Å². The van der Waals surface area contributed by atoms with Gasteiger partial charge in [0.2, 0.25) is 59.1 Å². The highest BCUT2D eigenvalue weighted by atomic mass is 16.5. The number of ketones is 1. The topological polar surface area (TPSA) is 256 Å². The van der Waals surface area contributed by atoms with Crippen LogP contribution >= 0.6 is 0 Å². The summed E-state index contributed by atoms with van der Waals surface area (Å²) in [5, 5.41) is 8.58. The highest BCUT2D eigenvalue weighted by Gasteiger charge is 2.46. The molecule has 3 N–H and O–H groups in total. The van der Waals surface area contributed by atoms with Crippen LogP contribution in [0.2, 0.25) is 0 Å². The van der Waals surface area contributed by atoms with E-state index in [-0.39, 0.29) is 68.8 Å². The van der Waals surface area contributed by atoms with Gasteiger partial charge in [0, 0.05) is 61.7 Å². The molecule has 0 unspecified atom stereocenters. The largest absolute Gasteiger partial charge is 0.371 e. The average molecular weight is 1260 g/mol. The first kappa shape index (κ1) is 80.8. The van der Waals surface area contributed by atoms with E-state index in [0.29, 0.717) is 6.42 Å². The highest BCUT2D eigenvalue weighted by Crippen LogP contribution is 2.27. The molecule has 0 aromatic carbocycles. The van der Waals surface area contributed by atoms with Crippen molar-refractivity contribution in [1.29, 1.82) is 0 Å². The molecule has 1 aliphatic rings. The Hall–Kier alpha value is -6.19. The van der Waals surface area contributed by atoms with Gasteiger partial charge in [0.15, 0.2) is 5.78 Å². The molecule has 0 bridgehead atoms. The first-order chi connectivity index (χ1) is 41.2. The van der Waals surface area contributed by atoms with Gasteiger partial charge in [0.1, 0.15) is 54.4 Å². The van der Waals surface area contributed by atoms with Crippen molar-refractivity contribution in [3.63, 3.8) is 0 Å². The molecule has 0 aliphatic carbocycles. The van der Waals surface area contributed by atoms with Crippen molar-refractivity contribution in [3.05, 3.63) is 24.8 Å². The van der Waals surface area contributed by atoms with Crippen LogP contribution in [0.3, 0.4) is 0 Å². The van der Waals surface area contributed by atoms with Gasteiger partial charge in [0.05, 0.1) is 18.8 Å². The third kappa shape index (κ3) is 22.6. The Labute approximate surface area is 534 Å². The van der Waals surface area contributed by atoms with Crippen LogP contribution in [0.5, 0.6) is 0 Å². The van der Waals surface area contributed by atoms with Gasteiger partial charge < -0.3 is 55.0 Å². The van der Waals surface area contributed by atoms with E-state index >= 15 is 19.2 Å². The monoisotopic (exact) mass is 1250 g/mol. The number of carbonyl (C=O) groups is 11. The summed E-state index contributed by atoms with van der Waals surface area (Å²) in [6.07, 6.45) is 5.14. The van der Waals surface area contributed by atoms with Crippen LogP contribution in [0.4, 0.5) is 0 Å². The first-order valence-electron chi connectivity index (χ1n) is 32.3. The maximum Gasteiger partial charge on any atom is 0.246 e. The van der Waals surface area contributed by atoms with E-state index in [9.17, 15) is 33.6 Å². The van der Waals surface area contributed by atoms with Gasteiger partial charge in [0.25, 0.3) is 0 Å². The van der Waals surface area contributed by atoms with Crippen molar-refractivity contribution >= 4 is 64.9 Å². The third-order valence-corrected chi connectivity index (χ3v) is 17.2. The molecule has 0 radical (unpaired) electrons. The van der Waals surface area contributed by atoms with E-state index in [4.69, 9.17) is 4.74 Å². The van der Waals surface area contributed by atoms with E-state index in [0.717, 1.165) is 0 Å². The number of hydrogen-bond acceptors (Lipinski definition) is 12. The summed E-state index contributed by atoms with van der Waals surface area (Å²) in [5.41, 5.74) is 0. The predicted octanol–water partition coefficient (Wildman–Crippen LogP) is 5.96. The Balaban J connectivity index is 4.48. The zero-order valence-electron chi connectivity index (χ0n) is 59.1. The van der Waals surface area contributed by atoms with E-state index in [1.165, 1.54) is 104 Å². The molecule has 0 aromatic heterocycles. The number of likely N-dealkylation sites (N-methyl/N-ethyl adjacent to an activating group) is 7. The van der Waals surface area contributed by atoms with Gasteiger partial charge in [-0.25, -0.2) is 0 Å². The van der Waals surface area contributed by atoms with Crippen LogP contribution in [-0.2, 0) is 57.5 Å². The van der Waals surface area contributed by atoms with E-state index in [1.807, 2.05) is 81.4 Å². The van der Waals surface area contributed by atoms with Crippen LogP contribution in [0.1, 0.15) is 170 Å². The Morgan fingerprint density at radius 3 is 1.36 bits per heavy atom. The Morgan fingerprint density at radius 1 is 0.494 bits per heavy atom. The summed E-state index contributed by atoms with van der Waals surface area (Å²) < 4.78 is 6.41. The smallest absolute Gasteiger partial charge is 0.246 e. The molecule has 0 spiro atoms. The fraction of sp³-hybridized carbons (Fsp3) is 0.776. The van der Waals surface area contributed by atoms with Crippen LogP contribution < -0.4 is 16.0 Å². The lowest BCUT2D eigenvalue weighted by Gasteiger charge is -2.42. The second kappa shape index (κ2) is 37.2. The molecule has 1 saturated heterocycles. The maximum absolute atomic E-state index is 15.5. The third-order valence-electron chi connectivity index (χ3n) is 17.2. The van der Waals surface area contributed by atoms with Crippen LogP contribution in [0.25, 0.3) is 0 Å². The number of ether oxygens (including phenoxy) is 1. The lowest BCUT2D eigenvalue weighted by Crippen LogP contribution is -2.64. The van der Waals surface area contributed by atoms with Crippen molar-refractivity contribution < 1.29 is 57.5 Å². The number of rotatable bonds is 18. The Bertz CT molecular complexity index is 2440. The molecule has 0 aromatic rings. The second-order valence-corrected chi connectivity index (χ2v) is 27.4. The quantitative estimate of drug-likeness (QED) is 0.135. The standard InChI is InChI=1S/C67H118N10O12/c1-27-30-31-44(16)57(89-32-28-2)56-60(81)69-48(29-3)63(84)71(20)47(19)62(83)72(21)50(34-39(6)7)59(80)70-54(42(12)13)66(87)73(22)49(33-38(4)5)58(79)68-46(18)53(78)37-45(17)61(82)74(23)51(35-40(8)9)64(85)75(24)52(36-41(10)11)65(86)76(25)55(43(14)15)67(88)77(56)26/h27-28,30,38-52,54-57H,2,29,31-37H2,1,3-26H3,(H,68,79)(H,69,81)(H,70,80)/b30-27+/t44-,45-,46-,47-,48-,49-,50+,51-,52-,54-,55-,56-,57-/m1/s1. The molecule has 1 rings (SSSR count). The van der Waals surface area contributed by atoms with E-state index in [1.54, 1.807) is 41.5 Å². The number of hydrogen-bond donors (Lipinski definition) is 3. The van der Waals surface area contributed by atoms with Crippen molar-refractivity contribution in [3.8, 4) is 0 Å². The van der Waals surface area contributed by atoms with Gasteiger partial charge in [-0.3, -0.25) is 52.7 Å². The van der Waals surface area contributed by atoms with Gasteiger partial charge >= 0.3 is 0 Å². The zero-order valence-corrected chi connectivity index (χ0v) is 59.1. The number of nitrogens with one attached hydrogen (secondary N) is 3. The van der Waals surface area contributed by atoms with Gasteiger partial charge in [-0.15, -0.1) is 6.58 Å². The number of amides is 10. The molecule has 508 valence electrons. The van der Waals surface area contributed by atoms with E-state index < -0.39 is 155 Å². The predicted molar refractivity (Wildman–Crippen MR) is 348 cm³/mol. The van der Waals surface area contributed by atoms with Gasteiger partial charge in [-0.05, 0) is 101 Å². The zero-order chi connectivity index (χ0) is 69.0. The minimum Gasteiger partial charge on any atom is -0.371 e. The summed E-state index contributed by atoms with van der Waals surface area (Å²) in [4.78, 5) is 172. The molecule has 1 fully saturated rings. The second-order valence-electron chi connectivity index (χ2n) is 27.4. The first-order valence-corrected chi connectivity index (χ1v) is 32.3. The molecule has 10 amide bonds. The minimum atomic E-state index is -1.42. The molecule has 13 atom stereocenters. The van der Waals surface area contributed by atoms with Gasteiger partial charge in [-0.1, -0.05) is 122 Å². The summed E-state index contributed by atoms with van der Waals surface area (Å²) in [6, 6.07) is -11.8. The fourth-order valence-corrected chi connectivity index (χ4v) is 11.5. The molecule has 22 nitrogen and oxygen atoms in total. The van der Waals surface area contributed by atoms with Crippen LogP contribution in [0.15, 0.2) is 24.8 Å². The number of Topliss-reactive ketones (excluding diaryl/α,β-unsaturated/α-hetero) is 1. The average Bonchev–Trinajstić information content (AvgIpc) is 2.59. The van der Waals surface area contributed by atoms with Crippen molar-refractivity contribution in [2.24, 2.45) is 47.3 Å². The lowest BCUT2D eigenvalue weighted by atomic mass is 9.91. The number of allylic oxidation sites excluding steroid dienone is 2. The number of carbonyl (C=O) groups excluding carboxylic acids is 11. The molecule has 1 heterocycles. The summed E-state index contributed by atoms with van der Waals surface area (Å²) in [7, 11) is 10.3. The fourth-order valence-electron chi connectivity index (χ4n) is 11.5. The Morgan fingerprint density at radius 2 is 0.921 bits per heavy atom. The molecule has 22 heteroatoms. The summed E-state index contributed by atoms with van der Waals surface area (Å²) >= 11 is 0. The number of nitrogens with zero attached hydrogens (tertiary/aromatic N) is 7. The maximum atomic E-state index is 15.5. The van der Waals surface area contributed by atoms with Crippen LogP contribution in [-0.4, -0.2) is 222 Å².